The van der Waals surface area contributed by atoms with Gasteiger partial charge < -0.3 is 9.15 Å². The van der Waals surface area contributed by atoms with Crippen LogP contribution < -0.4 is 4.74 Å². The van der Waals surface area contributed by atoms with E-state index in [4.69, 9.17) is 9.15 Å². The van der Waals surface area contributed by atoms with Gasteiger partial charge in [-0.15, -0.1) is 0 Å². The Kier molecular flexibility index (Phi) is 3.23. The number of furan rings is 1. The van der Waals surface area contributed by atoms with Gasteiger partial charge in [-0.3, -0.25) is 0 Å². The normalized spacial score (nSPS) is 11.5. The molecule has 0 amide bonds. The second-order valence-electron chi connectivity index (χ2n) is 5.39. The molecule has 0 saturated heterocycles. The molecule has 0 spiro atoms. The largest absolute Gasteiger partial charge is 0.493 e. The molecule has 1 aromatic heterocycles. The Morgan fingerprint density at radius 3 is 2.59 bits per heavy atom. The molecule has 0 unspecified atom stereocenters. The summed E-state index contributed by atoms with van der Waals surface area (Å²) < 4.78 is 10.9. The van der Waals surface area contributed by atoms with Gasteiger partial charge in [-0.25, -0.2) is 0 Å². The fraction of sp³-hybridized carbons (Fsp3) is 0.333. The number of rotatable bonds is 3. The fourth-order valence-corrected chi connectivity index (χ4v) is 1.49. The maximum atomic E-state index is 5.78. The van der Waals surface area contributed by atoms with Crippen LogP contribution in [0.5, 0.6) is 5.75 Å². The zero-order chi connectivity index (χ0) is 12.3. The maximum absolute atomic E-state index is 5.78. The van der Waals surface area contributed by atoms with Crippen molar-refractivity contribution in [3.63, 3.8) is 0 Å². The third-order valence-electron chi connectivity index (χ3n) is 2.36. The van der Waals surface area contributed by atoms with E-state index in [1.54, 1.807) is 12.5 Å². The van der Waals surface area contributed by atoms with Gasteiger partial charge >= 0.3 is 0 Å². The molecule has 1 aromatic carbocycles. The molecule has 0 aliphatic carbocycles. The fourth-order valence-electron chi connectivity index (χ4n) is 1.49. The Hall–Kier alpha value is -1.70. The van der Waals surface area contributed by atoms with Crippen molar-refractivity contribution in [2.75, 3.05) is 6.61 Å². The molecular formula is C15H18O2. The van der Waals surface area contributed by atoms with Crippen LogP contribution in [0, 0.1) is 5.41 Å². The third kappa shape index (κ3) is 3.38. The third-order valence-corrected chi connectivity index (χ3v) is 2.36. The molecular weight excluding hydrogens is 212 g/mol. The highest BCUT2D eigenvalue weighted by Crippen LogP contribution is 2.25. The van der Waals surface area contributed by atoms with Gasteiger partial charge in [0.05, 0.1) is 19.1 Å². The lowest BCUT2D eigenvalue weighted by molar-refractivity contribution is 0.198. The van der Waals surface area contributed by atoms with E-state index in [2.05, 4.69) is 26.8 Å². The van der Waals surface area contributed by atoms with Crippen LogP contribution in [-0.2, 0) is 0 Å². The topological polar surface area (TPSA) is 22.4 Å². The van der Waals surface area contributed by atoms with E-state index < -0.39 is 0 Å². The average Bonchev–Trinajstić information content (AvgIpc) is 2.79. The molecule has 2 nitrogen and oxygen atoms in total. The van der Waals surface area contributed by atoms with Crippen molar-refractivity contribution in [1.82, 2.24) is 0 Å². The summed E-state index contributed by atoms with van der Waals surface area (Å²) in [6, 6.07) is 10.0. The molecule has 0 aliphatic heterocycles. The molecule has 0 N–H and O–H groups in total. The van der Waals surface area contributed by atoms with Crippen LogP contribution in [0.2, 0.25) is 0 Å². The highest BCUT2D eigenvalue weighted by molar-refractivity contribution is 5.63. The zero-order valence-corrected chi connectivity index (χ0v) is 10.6. The van der Waals surface area contributed by atoms with Crippen LogP contribution in [0.15, 0.2) is 47.3 Å². The molecule has 0 bridgehead atoms. The highest BCUT2D eigenvalue weighted by atomic mass is 16.5. The predicted octanol–water partition coefficient (Wildman–Crippen LogP) is 4.37. The molecule has 2 rings (SSSR count). The van der Waals surface area contributed by atoms with Gasteiger partial charge in [0.1, 0.15) is 5.75 Å². The minimum Gasteiger partial charge on any atom is -0.493 e. The number of benzene rings is 1. The highest BCUT2D eigenvalue weighted by Gasteiger charge is 2.11. The molecule has 17 heavy (non-hydrogen) atoms. The summed E-state index contributed by atoms with van der Waals surface area (Å²) in [4.78, 5) is 0. The molecule has 0 atom stereocenters. The van der Waals surface area contributed by atoms with Crippen LogP contribution in [0.1, 0.15) is 20.8 Å². The first-order chi connectivity index (χ1) is 8.04. The van der Waals surface area contributed by atoms with Crippen LogP contribution in [0.3, 0.4) is 0 Å². The number of ether oxygens (including phenoxy) is 1. The van der Waals surface area contributed by atoms with Crippen molar-refractivity contribution in [3.8, 4) is 16.9 Å². The first-order valence-corrected chi connectivity index (χ1v) is 5.80. The summed E-state index contributed by atoms with van der Waals surface area (Å²) in [7, 11) is 0. The Morgan fingerprint density at radius 2 is 1.94 bits per heavy atom. The quantitative estimate of drug-likeness (QED) is 0.781. The van der Waals surface area contributed by atoms with Crippen molar-refractivity contribution >= 4 is 0 Å². The van der Waals surface area contributed by atoms with E-state index in [9.17, 15) is 0 Å². The Labute approximate surface area is 102 Å². The van der Waals surface area contributed by atoms with E-state index in [1.807, 2.05) is 24.3 Å². The molecule has 0 radical (unpaired) electrons. The van der Waals surface area contributed by atoms with Gasteiger partial charge in [0, 0.05) is 5.56 Å². The summed E-state index contributed by atoms with van der Waals surface area (Å²) in [6.45, 7) is 7.19. The second-order valence-corrected chi connectivity index (χ2v) is 5.39. The van der Waals surface area contributed by atoms with E-state index in [-0.39, 0.29) is 5.41 Å². The molecule has 1 heterocycles. The average molecular weight is 230 g/mol. The van der Waals surface area contributed by atoms with Crippen molar-refractivity contribution in [2.45, 2.75) is 20.8 Å². The molecule has 0 saturated carbocycles. The lowest BCUT2D eigenvalue weighted by atomic mass is 9.99. The first kappa shape index (κ1) is 11.8. The van der Waals surface area contributed by atoms with E-state index in [0.717, 1.165) is 16.9 Å². The van der Waals surface area contributed by atoms with Crippen LogP contribution in [0.25, 0.3) is 11.1 Å². The van der Waals surface area contributed by atoms with E-state index in [1.165, 1.54) is 0 Å². The van der Waals surface area contributed by atoms with Gasteiger partial charge in [-0.2, -0.15) is 0 Å². The Bertz CT molecular complexity index is 464. The molecule has 0 fully saturated rings. The first-order valence-electron chi connectivity index (χ1n) is 5.80. The summed E-state index contributed by atoms with van der Waals surface area (Å²) in [5, 5.41) is 0. The minimum absolute atomic E-state index is 0.172. The summed E-state index contributed by atoms with van der Waals surface area (Å²) >= 11 is 0. The van der Waals surface area contributed by atoms with Gasteiger partial charge in [0.25, 0.3) is 0 Å². The Morgan fingerprint density at radius 1 is 1.12 bits per heavy atom. The van der Waals surface area contributed by atoms with Gasteiger partial charge in [-0.1, -0.05) is 32.9 Å². The van der Waals surface area contributed by atoms with Gasteiger partial charge in [0.2, 0.25) is 0 Å². The minimum atomic E-state index is 0.172. The van der Waals surface area contributed by atoms with Crippen molar-refractivity contribution in [2.24, 2.45) is 5.41 Å². The maximum Gasteiger partial charge on any atom is 0.119 e. The summed E-state index contributed by atoms with van der Waals surface area (Å²) in [5.41, 5.74) is 2.36. The van der Waals surface area contributed by atoms with Crippen LogP contribution >= 0.6 is 0 Å². The standard InChI is InChI=1S/C15H18O2/c1-15(2,3)11-17-14-6-4-5-12(9-14)13-7-8-16-10-13/h4-10H,11H2,1-3H3. The molecule has 90 valence electrons. The lowest BCUT2D eigenvalue weighted by Gasteiger charge is -2.19. The van der Waals surface area contributed by atoms with Crippen molar-refractivity contribution < 1.29 is 9.15 Å². The smallest absolute Gasteiger partial charge is 0.119 e. The van der Waals surface area contributed by atoms with Gasteiger partial charge in [-0.05, 0) is 29.2 Å². The predicted molar refractivity (Wildman–Crippen MR) is 69.1 cm³/mol. The van der Waals surface area contributed by atoms with Crippen LogP contribution in [0.4, 0.5) is 0 Å². The number of hydrogen-bond acceptors (Lipinski definition) is 2. The van der Waals surface area contributed by atoms with E-state index >= 15 is 0 Å². The van der Waals surface area contributed by atoms with Gasteiger partial charge in [0.15, 0.2) is 0 Å². The number of hydrogen-bond donors (Lipinski definition) is 0. The van der Waals surface area contributed by atoms with Crippen LogP contribution in [-0.4, -0.2) is 6.61 Å². The van der Waals surface area contributed by atoms with Crippen molar-refractivity contribution in [1.29, 1.82) is 0 Å². The monoisotopic (exact) mass is 230 g/mol. The Balaban J connectivity index is 2.12. The summed E-state index contributed by atoms with van der Waals surface area (Å²) in [5.74, 6) is 0.902. The molecule has 2 aromatic rings. The summed E-state index contributed by atoms with van der Waals surface area (Å²) in [6.07, 6.45) is 3.42. The molecule has 0 aliphatic rings. The molecule has 2 heteroatoms. The van der Waals surface area contributed by atoms with Crippen molar-refractivity contribution in [3.05, 3.63) is 42.9 Å². The lowest BCUT2D eigenvalue weighted by Crippen LogP contribution is -2.16. The SMILES string of the molecule is CC(C)(C)COc1cccc(-c2ccoc2)c1. The second kappa shape index (κ2) is 4.66. The van der Waals surface area contributed by atoms with E-state index in [0.29, 0.717) is 6.61 Å². The zero-order valence-electron chi connectivity index (χ0n) is 10.6.